The summed E-state index contributed by atoms with van der Waals surface area (Å²) in [5, 5.41) is 3.05. The minimum atomic E-state index is -0.275. The highest BCUT2D eigenvalue weighted by Crippen LogP contribution is 2.16. The predicted molar refractivity (Wildman–Crippen MR) is 90.0 cm³/mol. The van der Waals surface area contributed by atoms with Crippen molar-refractivity contribution >= 4 is 11.6 Å². The first-order valence-electron chi connectivity index (χ1n) is 7.18. The largest absolute Gasteiger partial charge is 0.472 e. The number of nitrogens with zero attached hydrogens (tertiary/aromatic N) is 2. The average Bonchev–Trinajstić information content (AvgIpc) is 2.45. The van der Waals surface area contributed by atoms with Gasteiger partial charge in [0.1, 0.15) is 5.60 Å². The topological polar surface area (TPSA) is 72.5 Å². The van der Waals surface area contributed by atoms with Gasteiger partial charge in [0.15, 0.2) is 5.96 Å². The van der Waals surface area contributed by atoms with Crippen molar-refractivity contribution in [2.75, 3.05) is 5.32 Å². The molecule has 22 heavy (non-hydrogen) atoms. The summed E-state index contributed by atoms with van der Waals surface area (Å²) in [7, 11) is 0. The molecule has 0 amide bonds. The number of aromatic nitrogens is 1. The van der Waals surface area contributed by atoms with Gasteiger partial charge in [-0.25, -0.2) is 9.98 Å². The maximum Gasteiger partial charge on any atom is 0.214 e. The molecule has 2 aromatic rings. The van der Waals surface area contributed by atoms with Crippen LogP contribution in [0.1, 0.15) is 26.3 Å². The van der Waals surface area contributed by atoms with Crippen LogP contribution in [-0.4, -0.2) is 16.5 Å². The summed E-state index contributed by atoms with van der Waals surface area (Å²) in [6, 6.07) is 13.5. The lowest BCUT2D eigenvalue weighted by Gasteiger charge is -2.20. The first kappa shape index (κ1) is 15.8. The molecular formula is C17H22N4O. The standard InChI is InChI=1S/C17H22N4O/c1-17(2,3)22-15-11-13(9-10-19-15)12-20-16(18)21-14-7-5-4-6-8-14/h4-11H,12H2,1-3H3,(H3,18,20,21). The van der Waals surface area contributed by atoms with E-state index in [1.54, 1.807) is 6.20 Å². The van der Waals surface area contributed by atoms with Gasteiger partial charge >= 0.3 is 0 Å². The van der Waals surface area contributed by atoms with Gasteiger partial charge in [0.05, 0.1) is 6.54 Å². The minimum absolute atomic E-state index is 0.275. The Hall–Kier alpha value is -2.56. The molecule has 1 aromatic heterocycles. The summed E-state index contributed by atoms with van der Waals surface area (Å²) in [5.74, 6) is 0.969. The number of aliphatic imine (C=N–C) groups is 1. The Balaban J connectivity index is 1.98. The third-order valence-electron chi connectivity index (χ3n) is 2.69. The molecule has 5 nitrogen and oxygen atoms in total. The summed E-state index contributed by atoms with van der Waals surface area (Å²) in [6.07, 6.45) is 1.72. The number of anilines is 1. The molecule has 0 unspecified atom stereocenters. The Bertz CT molecular complexity index is 633. The van der Waals surface area contributed by atoms with Crippen molar-refractivity contribution in [2.24, 2.45) is 10.7 Å². The van der Waals surface area contributed by atoms with Gasteiger partial charge in [0.2, 0.25) is 5.88 Å². The third-order valence-corrected chi connectivity index (χ3v) is 2.69. The van der Waals surface area contributed by atoms with Crippen LogP contribution in [0.5, 0.6) is 5.88 Å². The molecule has 0 bridgehead atoms. The van der Waals surface area contributed by atoms with Crippen LogP contribution in [0, 0.1) is 0 Å². The normalized spacial score (nSPS) is 12.0. The number of hydrogen-bond donors (Lipinski definition) is 2. The molecule has 116 valence electrons. The fourth-order valence-electron chi connectivity index (χ4n) is 1.80. The minimum Gasteiger partial charge on any atom is -0.472 e. The molecule has 1 heterocycles. The van der Waals surface area contributed by atoms with Crippen molar-refractivity contribution in [1.29, 1.82) is 0 Å². The highest BCUT2D eigenvalue weighted by Gasteiger charge is 2.12. The van der Waals surface area contributed by atoms with Gasteiger partial charge in [-0.15, -0.1) is 0 Å². The van der Waals surface area contributed by atoms with E-state index in [0.717, 1.165) is 11.3 Å². The molecule has 1 aromatic carbocycles. The van der Waals surface area contributed by atoms with Gasteiger partial charge in [-0.2, -0.15) is 0 Å². The molecule has 0 aliphatic carbocycles. The SMILES string of the molecule is CC(C)(C)Oc1cc(CN=C(N)Nc2ccccc2)ccn1. The molecule has 0 aliphatic heterocycles. The van der Waals surface area contributed by atoms with E-state index >= 15 is 0 Å². The summed E-state index contributed by atoms with van der Waals surface area (Å²) >= 11 is 0. The zero-order valence-corrected chi connectivity index (χ0v) is 13.2. The molecule has 5 heteroatoms. The number of pyridine rings is 1. The zero-order chi connectivity index (χ0) is 16.0. The third kappa shape index (κ3) is 5.44. The molecule has 0 fully saturated rings. The number of nitrogens with two attached hydrogens (primary N) is 1. The fourth-order valence-corrected chi connectivity index (χ4v) is 1.80. The van der Waals surface area contributed by atoms with Crippen LogP contribution in [0.3, 0.4) is 0 Å². The molecule has 0 radical (unpaired) electrons. The van der Waals surface area contributed by atoms with Crippen LogP contribution in [0.25, 0.3) is 0 Å². The van der Waals surface area contributed by atoms with Crippen molar-refractivity contribution < 1.29 is 4.74 Å². The molecule has 0 saturated carbocycles. The molecule has 0 aliphatic rings. The highest BCUT2D eigenvalue weighted by molar-refractivity contribution is 5.92. The summed E-state index contributed by atoms with van der Waals surface area (Å²) in [4.78, 5) is 8.53. The number of para-hydroxylation sites is 1. The van der Waals surface area contributed by atoms with Gasteiger partial charge in [0.25, 0.3) is 0 Å². The second-order valence-electron chi connectivity index (χ2n) is 5.91. The second kappa shape index (κ2) is 6.93. The average molecular weight is 298 g/mol. The van der Waals surface area contributed by atoms with Crippen molar-refractivity contribution in [1.82, 2.24) is 4.98 Å². The number of ether oxygens (including phenoxy) is 1. The lowest BCUT2D eigenvalue weighted by atomic mass is 10.2. The van der Waals surface area contributed by atoms with E-state index in [9.17, 15) is 0 Å². The van der Waals surface area contributed by atoms with Crippen LogP contribution < -0.4 is 15.8 Å². The monoisotopic (exact) mass is 298 g/mol. The Labute approximate surface area is 131 Å². The molecule has 2 rings (SSSR count). The predicted octanol–water partition coefficient (Wildman–Crippen LogP) is 3.19. The highest BCUT2D eigenvalue weighted by atomic mass is 16.5. The number of rotatable bonds is 4. The molecule has 0 saturated heterocycles. The summed E-state index contributed by atoms with van der Waals surface area (Å²) in [5.41, 5.74) is 7.52. The van der Waals surface area contributed by atoms with Crippen LogP contribution >= 0.6 is 0 Å². The summed E-state index contributed by atoms with van der Waals surface area (Å²) < 4.78 is 5.74. The van der Waals surface area contributed by atoms with Crippen molar-refractivity contribution in [3.63, 3.8) is 0 Å². The number of hydrogen-bond acceptors (Lipinski definition) is 3. The molecule has 0 spiro atoms. The van der Waals surface area contributed by atoms with Gasteiger partial charge < -0.3 is 15.8 Å². The van der Waals surface area contributed by atoms with Crippen molar-refractivity contribution in [2.45, 2.75) is 32.9 Å². The van der Waals surface area contributed by atoms with E-state index in [2.05, 4.69) is 15.3 Å². The van der Waals surface area contributed by atoms with E-state index < -0.39 is 0 Å². The maximum absolute atomic E-state index is 5.89. The van der Waals surface area contributed by atoms with Gasteiger partial charge in [-0.05, 0) is 44.5 Å². The Kier molecular flexibility index (Phi) is 4.99. The van der Waals surface area contributed by atoms with Crippen molar-refractivity contribution in [3.05, 3.63) is 54.2 Å². The number of nitrogens with one attached hydrogen (secondary N) is 1. The zero-order valence-electron chi connectivity index (χ0n) is 13.2. The quantitative estimate of drug-likeness (QED) is 0.671. The Morgan fingerprint density at radius 2 is 1.95 bits per heavy atom. The lowest BCUT2D eigenvalue weighted by Crippen LogP contribution is -2.23. The molecule has 0 atom stereocenters. The smallest absolute Gasteiger partial charge is 0.214 e. The van der Waals surface area contributed by atoms with Crippen molar-refractivity contribution in [3.8, 4) is 5.88 Å². The lowest BCUT2D eigenvalue weighted by molar-refractivity contribution is 0.124. The fraction of sp³-hybridized carbons (Fsp3) is 0.294. The van der Waals surface area contributed by atoms with Crippen LogP contribution in [0.2, 0.25) is 0 Å². The Morgan fingerprint density at radius 3 is 2.64 bits per heavy atom. The number of guanidine groups is 1. The van der Waals surface area contributed by atoms with E-state index in [4.69, 9.17) is 10.5 Å². The van der Waals surface area contributed by atoms with Gasteiger partial charge in [0, 0.05) is 18.0 Å². The van der Waals surface area contributed by atoms with E-state index in [1.165, 1.54) is 0 Å². The van der Waals surface area contributed by atoms with Crippen LogP contribution in [0.4, 0.5) is 5.69 Å². The van der Waals surface area contributed by atoms with Crippen LogP contribution in [0.15, 0.2) is 53.7 Å². The first-order chi connectivity index (χ1) is 10.4. The Morgan fingerprint density at radius 1 is 1.23 bits per heavy atom. The molecule has 3 N–H and O–H groups in total. The molecular weight excluding hydrogens is 276 g/mol. The van der Waals surface area contributed by atoms with E-state index in [-0.39, 0.29) is 5.60 Å². The van der Waals surface area contributed by atoms with E-state index in [1.807, 2.05) is 63.2 Å². The summed E-state index contributed by atoms with van der Waals surface area (Å²) in [6.45, 7) is 6.43. The van der Waals surface area contributed by atoms with Gasteiger partial charge in [-0.1, -0.05) is 18.2 Å². The number of benzene rings is 1. The van der Waals surface area contributed by atoms with Gasteiger partial charge in [-0.3, -0.25) is 0 Å². The first-order valence-corrected chi connectivity index (χ1v) is 7.18. The second-order valence-corrected chi connectivity index (χ2v) is 5.91. The maximum atomic E-state index is 5.89. The van der Waals surface area contributed by atoms with E-state index in [0.29, 0.717) is 18.4 Å². The van der Waals surface area contributed by atoms with Crippen LogP contribution in [-0.2, 0) is 6.54 Å².